The van der Waals surface area contributed by atoms with Gasteiger partial charge in [-0.1, -0.05) is 0 Å². The number of hydrogen-bond acceptors (Lipinski definition) is 1. The first-order chi connectivity index (χ1) is 6.24. The topological polar surface area (TPSA) is 17.1 Å². The Balaban J connectivity index is 2.75. The number of benzene rings is 1. The molecule has 0 aliphatic carbocycles. The van der Waals surface area contributed by atoms with Gasteiger partial charge in [0, 0.05) is 0 Å². The summed E-state index contributed by atoms with van der Waals surface area (Å²) in [4.78, 5) is 0. The molecule has 0 radical (unpaired) electrons. The molecule has 0 aromatic heterocycles. The van der Waals surface area contributed by atoms with Gasteiger partial charge in [-0.2, -0.15) is 0 Å². The third kappa shape index (κ3) is 3.47. The van der Waals surface area contributed by atoms with Crippen LogP contribution in [-0.4, -0.2) is 22.9 Å². The molecule has 0 bridgehead atoms. The summed E-state index contributed by atoms with van der Waals surface area (Å²) >= 11 is 0.891. The molecule has 0 fully saturated rings. The van der Waals surface area contributed by atoms with E-state index < -0.39 is 0 Å². The Kier molecular flexibility index (Phi) is 4.43. The molecule has 0 atom stereocenters. The maximum atomic E-state index is 10.8. The SMILES string of the molecule is CC(C)C(=S=O)[Se]c1ccccc1. The van der Waals surface area contributed by atoms with Gasteiger partial charge < -0.3 is 0 Å². The molecule has 0 aliphatic heterocycles. The fraction of sp³-hybridized carbons (Fsp3) is 0.300. The van der Waals surface area contributed by atoms with E-state index in [9.17, 15) is 4.21 Å². The summed E-state index contributed by atoms with van der Waals surface area (Å²) < 4.78 is 13.1. The van der Waals surface area contributed by atoms with E-state index in [0.29, 0.717) is 17.2 Å². The van der Waals surface area contributed by atoms with Crippen molar-refractivity contribution in [2.45, 2.75) is 13.8 Å². The van der Waals surface area contributed by atoms with Crippen LogP contribution in [0.2, 0.25) is 0 Å². The van der Waals surface area contributed by atoms with E-state index in [1.807, 2.05) is 18.2 Å². The van der Waals surface area contributed by atoms with Gasteiger partial charge >= 0.3 is 88.7 Å². The average molecular weight is 259 g/mol. The van der Waals surface area contributed by atoms with Crippen molar-refractivity contribution in [1.82, 2.24) is 0 Å². The Morgan fingerprint density at radius 2 is 1.92 bits per heavy atom. The van der Waals surface area contributed by atoms with Crippen LogP contribution in [-0.2, 0) is 11.3 Å². The van der Waals surface area contributed by atoms with Crippen molar-refractivity contribution in [3.8, 4) is 0 Å². The molecule has 0 saturated carbocycles. The van der Waals surface area contributed by atoms with E-state index in [4.69, 9.17) is 0 Å². The molecule has 70 valence electrons. The Morgan fingerprint density at radius 1 is 1.31 bits per heavy atom. The van der Waals surface area contributed by atoms with Crippen LogP contribution in [0.1, 0.15) is 13.8 Å². The molecule has 1 aromatic carbocycles. The monoisotopic (exact) mass is 260 g/mol. The Morgan fingerprint density at radius 3 is 2.38 bits per heavy atom. The van der Waals surface area contributed by atoms with Gasteiger partial charge in [-0.15, -0.1) is 0 Å². The second-order valence-electron chi connectivity index (χ2n) is 2.97. The molecular formula is C10H12OSSe. The predicted octanol–water partition coefficient (Wildman–Crippen LogP) is 1.01. The fourth-order valence-corrected chi connectivity index (χ4v) is 3.37. The van der Waals surface area contributed by atoms with Gasteiger partial charge in [0.2, 0.25) is 0 Å². The molecule has 1 aromatic rings. The predicted molar refractivity (Wildman–Crippen MR) is 59.8 cm³/mol. The molecule has 0 unspecified atom stereocenters. The zero-order valence-electron chi connectivity index (χ0n) is 7.69. The Labute approximate surface area is 88.8 Å². The molecule has 0 amide bonds. The summed E-state index contributed by atoms with van der Waals surface area (Å²) in [5.74, 6) is 0.391. The first-order valence-electron chi connectivity index (χ1n) is 4.13. The molecule has 0 N–H and O–H groups in total. The third-order valence-electron chi connectivity index (χ3n) is 1.52. The Hall–Kier alpha value is -0.371. The zero-order chi connectivity index (χ0) is 9.68. The van der Waals surface area contributed by atoms with Crippen molar-refractivity contribution >= 4 is 34.4 Å². The van der Waals surface area contributed by atoms with E-state index in [-0.39, 0.29) is 15.0 Å². The minimum absolute atomic E-state index is 0.224. The second-order valence-corrected chi connectivity index (χ2v) is 6.50. The number of rotatable bonds is 3. The van der Waals surface area contributed by atoms with Gasteiger partial charge in [0.1, 0.15) is 0 Å². The first-order valence-corrected chi connectivity index (χ1v) is 6.59. The summed E-state index contributed by atoms with van der Waals surface area (Å²) in [5, 5.41) is 0. The van der Waals surface area contributed by atoms with E-state index in [0.717, 1.165) is 3.76 Å². The van der Waals surface area contributed by atoms with Gasteiger partial charge in [-0.25, -0.2) is 0 Å². The molecule has 13 heavy (non-hydrogen) atoms. The van der Waals surface area contributed by atoms with Crippen LogP contribution in [0.3, 0.4) is 0 Å². The molecule has 0 saturated heterocycles. The van der Waals surface area contributed by atoms with E-state index in [1.54, 1.807) is 0 Å². The van der Waals surface area contributed by atoms with Gasteiger partial charge in [-0.3, -0.25) is 0 Å². The van der Waals surface area contributed by atoms with Crippen molar-refractivity contribution in [3.05, 3.63) is 30.3 Å². The van der Waals surface area contributed by atoms with Crippen LogP contribution >= 0.6 is 0 Å². The van der Waals surface area contributed by atoms with Crippen molar-refractivity contribution in [2.75, 3.05) is 0 Å². The molecule has 0 spiro atoms. The fourth-order valence-electron chi connectivity index (χ4n) is 0.836. The van der Waals surface area contributed by atoms with Gasteiger partial charge in [-0.05, 0) is 0 Å². The summed E-state index contributed by atoms with van der Waals surface area (Å²) in [5.41, 5.74) is 0. The van der Waals surface area contributed by atoms with Crippen LogP contribution < -0.4 is 4.46 Å². The molecule has 3 heteroatoms. The third-order valence-corrected chi connectivity index (χ3v) is 5.49. The van der Waals surface area contributed by atoms with Crippen molar-refractivity contribution in [3.63, 3.8) is 0 Å². The zero-order valence-corrected chi connectivity index (χ0v) is 10.2. The maximum absolute atomic E-state index is 10.8. The first kappa shape index (κ1) is 10.7. The summed E-state index contributed by atoms with van der Waals surface area (Å²) in [6.07, 6.45) is 0. The average Bonchev–Trinajstić information content (AvgIpc) is 2.15. The standard InChI is InChI=1S/C10H12OSSe/c1-8(2)10(12-11)13-9-6-4-3-5-7-9/h3-8H,1-2H3. The van der Waals surface area contributed by atoms with Crippen molar-refractivity contribution < 1.29 is 4.21 Å². The second kappa shape index (κ2) is 5.38. The van der Waals surface area contributed by atoms with Gasteiger partial charge in [0.15, 0.2) is 0 Å². The quantitative estimate of drug-likeness (QED) is 0.585. The summed E-state index contributed by atoms with van der Waals surface area (Å²) in [6, 6.07) is 10.2. The number of hydrogen-bond donors (Lipinski definition) is 0. The Bertz CT molecular complexity index is 315. The van der Waals surface area contributed by atoms with Crippen molar-refractivity contribution in [1.29, 1.82) is 0 Å². The van der Waals surface area contributed by atoms with Crippen LogP contribution in [0.15, 0.2) is 30.3 Å². The normalized spacial score (nSPS) is 10.1. The molecule has 1 nitrogen and oxygen atoms in total. The van der Waals surface area contributed by atoms with Gasteiger partial charge in [0.25, 0.3) is 0 Å². The molecule has 0 aliphatic rings. The van der Waals surface area contributed by atoms with E-state index in [1.165, 1.54) is 4.46 Å². The molecule has 1 rings (SSSR count). The van der Waals surface area contributed by atoms with E-state index >= 15 is 0 Å². The van der Waals surface area contributed by atoms with Crippen LogP contribution in [0, 0.1) is 5.92 Å². The van der Waals surface area contributed by atoms with Gasteiger partial charge in [0.05, 0.1) is 0 Å². The van der Waals surface area contributed by atoms with Crippen molar-refractivity contribution in [2.24, 2.45) is 5.92 Å². The molecular weight excluding hydrogens is 247 g/mol. The van der Waals surface area contributed by atoms with Crippen LogP contribution in [0.5, 0.6) is 0 Å². The van der Waals surface area contributed by atoms with Crippen LogP contribution in [0.25, 0.3) is 0 Å². The van der Waals surface area contributed by atoms with Crippen LogP contribution in [0.4, 0.5) is 0 Å². The van der Waals surface area contributed by atoms with E-state index in [2.05, 4.69) is 26.0 Å². The molecule has 0 heterocycles. The minimum atomic E-state index is 0.224. The summed E-state index contributed by atoms with van der Waals surface area (Å²) in [6.45, 7) is 4.15. The summed E-state index contributed by atoms with van der Waals surface area (Å²) in [7, 11) is 0.